The van der Waals surface area contributed by atoms with E-state index < -0.39 is 0 Å². The normalized spacial score (nSPS) is 29.3. The van der Waals surface area contributed by atoms with E-state index >= 15 is 0 Å². The van der Waals surface area contributed by atoms with Crippen molar-refractivity contribution in [1.29, 1.82) is 0 Å². The van der Waals surface area contributed by atoms with Gasteiger partial charge < -0.3 is 5.73 Å². The Labute approximate surface area is 68.2 Å². The highest BCUT2D eigenvalue weighted by Gasteiger charge is 2.20. The van der Waals surface area contributed by atoms with Crippen LogP contribution >= 0.6 is 0 Å². The van der Waals surface area contributed by atoms with Gasteiger partial charge in [-0.1, -0.05) is 19.8 Å². The first-order valence-corrected chi connectivity index (χ1v) is 4.25. The molecule has 0 aromatic heterocycles. The third-order valence-corrected chi connectivity index (χ3v) is 2.07. The Hall–Kier alpha value is -0.630. The number of nitrogens with two attached hydrogens (primary N) is 1. The summed E-state index contributed by atoms with van der Waals surface area (Å²) in [6.07, 6.45) is 10.1. The molecule has 0 saturated heterocycles. The quantitative estimate of drug-likeness (QED) is 0.658. The Balaban J connectivity index is 2.40. The Kier molecular flexibility index (Phi) is 2.83. The second-order valence-corrected chi connectivity index (χ2v) is 3.19. The van der Waals surface area contributed by atoms with Gasteiger partial charge in [0.05, 0.1) is 0 Å². The Bertz CT molecular complexity index is 172. The van der Waals surface area contributed by atoms with Gasteiger partial charge in [-0.3, -0.25) is 4.99 Å². The maximum atomic E-state index is 6.07. The van der Waals surface area contributed by atoms with Crippen molar-refractivity contribution >= 4 is 6.21 Å². The van der Waals surface area contributed by atoms with E-state index in [1.807, 2.05) is 12.3 Å². The fraction of sp³-hybridized carbons (Fsp3) is 0.667. The predicted molar refractivity (Wildman–Crippen MR) is 48.7 cm³/mol. The number of aliphatic imine (C=N–C) groups is 1. The topological polar surface area (TPSA) is 38.4 Å². The highest BCUT2D eigenvalue weighted by Crippen LogP contribution is 2.18. The van der Waals surface area contributed by atoms with Crippen LogP contribution in [0, 0.1) is 0 Å². The minimum atomic E-state index is -0.0994. The molecule has 0 radical (unpaired) electrons. The molecular formula is C9H16N2. The summed E-state index contributed by atoms with van der Waals surface area (Å²) in [5.41, 5.74) is 5.97. The van der Waals surface area contributed by atoms with E-state index in [0.717, 1.165) is 12.8 Å². The van der Waals surface area contributed by atoms with Crippen LogP contribution < -0.4 is 5.73 Å². The van der Waals surface area contributed by atoms with Crippen LogP contribution in [-0.4, -0.2) is 11.8 Å². The van der Waals surface area contributed by atoms with Crippen molar-refractivity contribution in [1.82, 2.24) is 0 Å². The Morgan fingerprint density at radius 3 is 3.00 bits per heavy atom. The standard InChI is InChI=1S/C9H16N2/c1-2-3-4-9(10)5-7-11-8-6-9/h5,7-8H,2-4,6,10H2,1H3. The lowest BCUT2D eigenvalue weighted by Crippen LogP contribution is -2.38. The van der Waals surface area contributed by atoms with Crippen LogP contribution in [0.2, 0.25) is 0 Å². The van der Waals surface area contributed by atoms with E-state index in [1.165, 1.54) is 12.8 Å². The van der Waals surface area contributed by atoms with Crippen LogP contribution in [0.3, 0.4) is 0 Å². The van der Waals surface area contributed by atoms with Crippen molar-refractivity contribution < 1.29 is 0 Å². The maximum absolute atomic E-state index is 6.07. The van der Waals surface area contributed by atoms with Crippen molar-refractivity contribution in [3.63, 3.8) is 0 Å². The van der Waals surface area contributed by atoms with Crippen molar-refractivity contribution in [2.75, 3.05) is 0 Å². The van der Waals surface area contributed by atoms with E-state index in [-0.39, 0.29) is 5.54 Å². The molecule has 1 unspecified atom stereocenters. The summed E-state index contributed by atoms with van der Waals surface area (Å²) < 4.78 is 0. The van der Waals surface area contributed by atoms with Gasteiger partial charge in [0.1, 0.15) is 0 Å². The largest absolute Gasteiger partial charge is 0.322 e. The van der Waals surface area contributed by atoms with Crippen molar-refractivity contribution in [2.45, 2.75) is 38.1 Å². The first kappa shape index (κ1) is 8.47. The minimum absolute atomic E-state index is 0.0994. The number of unbranched alkanes of at least 4 members (excludes halogenated alkanes) is 1. The molecule has 0 aromatic carbocycles. The molecule has 0 amide bonds. The van der Waals surface area contributed by atoms with Crippen LogP contribution in [0.1, 0.15) is 32.6 Å². The zero-order valence-corrected chi connectivity index (χ0v) is 7.09. The fourth-order valence-corrected chi connectivity index (χ4v) is 1.23. The van der Waals surface area contributed by atoms with Crippen LogP contribution in [0.5, 0.6) is 0 Å². The predicted octanol–water partition coefficient (Wildman–Crippen LogP) is 1.86. The van der Waals surface area contributed by atoms with Gasteiger partial charge in [-0.2, -0.15) is 0 Å². The molecule has 0 saturated carbocycles. The maximum Gasteiger partial charge on any atom is 0.0406 e. The highest BCUT2D eigenvalue weighted by molar-refractivity contribution is 5.62. The second-order valence-electron chi connectivity index (χ2n) is 3.19. The number of rotatable bonds is 3. The molecule has 0 aliphatic carbocycles. The zero-order valence-electron chi connectivity index (χ0n) is 7.09. The molecule has 1 atom stereocenters. The van der Waals surface area contributed by atoms with Gasteiger partial charge >= 0.3 is 0 Å². The van der Waals surface area contributed by atoms with Gasteiger partial charge in [0.15, 0.2) is 0 Å². The van der Waals surface area contributed by atoms with E-state index in [0.29, 0.717) is 0 Å². The second kappa shape index (κ2) is 3.67. The van der Waals surface area contributed by atoms with Gasteiger partial charge in [0.2, 0.25) is 0 Å². The first-order valence-electron chi connectivity index (χ1n) is 4.25. The van der Waals surface area contributed by atoms with Gasteiger partial charge in [0, 0.05) is 24.4 Å². The summed E-state index contributed by atoms with van der Waals surface area (Å²) in [6.45, 7) is 2.18. The molecule has 62 valence electrons. The van der Waals surface area contributed by atoms with Crippen molar-refractivity contribution in [3.05, 3.63) is 12.3 Å². The third-order valence-electron chi connectivity index (χ3n) is 2.07. The van der Waals surface area contributed by atoms with Crippen LogP contribution in [-0.2, 0) is 0 Å². The summed E-state index contributed by atoms with van der Waals surface area (Å²) in [5.74, 6) is 0. The summed E-state index contributed by atoms with van der Waals surface area (Å²) in [5, 5.41) is 0. The average Bonchev–Trinajstić information content (AvgIpc) is 2.03. The smallest absolute Gasteiger partial charge is 0.0406 e. The minimum Gasteiger partial charge on any atom is -0.322 e. The van der Waals surface area contributed by atoms with E-state index in [2.05, 4.69) is 11.9 Å². The summed E-state index contributed by atoms with van der Waals surface area (Å²) in [4.78, 5) is 4.00. The molecule has 1 aliphatic heterocycles. The zero-order chi connectivity index (χ0) is 8.16. The van der Waals surface area contributed by atoms with Crippen molar-refractivity contribution in [2.24, 2.45) is 10.7 Å². The Morgan fingerprint density at radius 1 is 1.64 bits per heavy atom. The van der Waals surface area contributed by atoms with Gasteiger partial charge in [-0.25, -0.2) is 0 Å². The highest BCUT2D eigenvalue weighted by atomic mass is 14.8. The van der Waals surface area contributed by atoms with Crippen molar-refractivity contribution in [3.8, 4) is 0 Å². The number of nitrogens with zero attached hydrogens (tertiary/aromatic N) is 1. The number of hydrogen-bond donors (Lipinski definition) is 1. The van der Waals surface area contributed by atoms with Crippen LogP contribution in [0.4, 0.5) is 0 Å². The van der Waals surface area contributed by atoms with E-state index in [4.69, 9.17) is 5.73 Å². The lowest BCUT2D eigenvalue weighted by molar-refractivity contribution is 0.479. The molecule has 1 heterocycles. The molecule has 2 N–H and O–H groups in total. The molecule has 0 bridgehead atoms. The summed E-state index contributed by atoms with van der Waals surface area (Å²) in [6, 6.07) is 0. The summed E-state index contributed by atoms with van der Waals surface area (Å²) >= 11 is 0. The molecule has 0 aromatic rings. The van der Waals surface area contributed by atoms with E-state index in [9.17, 15) is 0 Å². The molecule has 0 fully saturated rings. The Morgan fingerprint density at radius 2 is 2.45 bits per heavy atom. The molecule has 1 aliphatic rings. The molecule has 1 rings (SSSR count). The molecule has 0 spiro atoms. The lowest BCUT2D eigenvalue weighted by atomic mass is 9.90. The van der Waals surface area contributed by atoms with Crippen LogP contribution in [0.25, 0.3) is 0 Å². The monoisotopic (exact) mass is 152 g/mol. The van der Waals surface area contributed by atoms with E-state index in [1.54, 1.807) is 6.20 Å². The molecule has 11 heavy (non-hydrogen) atoms. The lowest BCUT2D eigenvalue weighted by Gasteiger charge is -2.25. The third kappa shape index (κ3) is 2.46. The molecular weight excluding hydrogens is 136 g/mol. The number of hydrogen-bond acceptors (Lipinski definition) is 2. The van der Waals surface area contributed by atoms with Gasteiger partial charge in [-0.05, 0) is 12.5 Å². The first-order chi connectivity index (χ1) is 5.27. The van der Waals surface area contributed by atoms with Gasteiger partial charge in [0.25, 0.3) is 0 Å². The average molecular weight is 152 g/mol. The molecule has 2 heteroatoms. The fourth-order valence-electron chi connectivity index (χ4n) is 1.23. The SMILES string of the molecule is CCCCC1(N)C=CN=CC1. The van der Waals surface area contributed by atoms with Gasteiger partial charge in [-0.15, -0.1) is 0 Å². The summed E-state index contributed by atoms with van der Waals surface area (Å²) in [7, 11) is 0. The molecule has 2 nitrogen and oxygen atoms in total. The van der Waals surface area contributed by atoms with Crippen LogP contribution in [0.15, 0.2) is 17.3 Å².